The molecular weight excluding hydrogens is 538 g/mol. The molecule has 0 radical (unpaired) electrons. The third-order valence-corrected chi connectivity index (χ3v) is 8.08. The number of nitrogens with zero attached hydrogens (tertiary/aromatic N) is 2. The lowest BCUT2D eigenvalue weighted by Crippen LogP contribution is -2.55. The van der Waals surface area contributed by atoms with Crippen LogP contribution >= 0.6 is 11.6 Å². The van der Waals surface area contributed by atoms with E-state index in [0.717, 1.165) is 19.1 Å². The Bertz CT molecular complexity index is 1290. The van der Waals surface area contributed by atoms with Gasteiger partial charge in [0.2, 0.25) is 0 Å². The van der Waals surface area contributed by atoms with E-state index in [9.17, 15) is 30.8 Å². The minimum absolute atomic E-state index is 0.0491. The molecule has 1 aromatic heterocycles. The summed E-state index contributed by atoms with van der Waals surface area (Å²) in [7, 11) is -3.37. The molecule has 0 saturated carbocycles. The third-order valence-electron chi connectivity index (χ3n) is 6.70. The summed E-state index contributed by atoms with van der Waals surface area (Å²) in [5, 5.41) is 2.29. The first-order valence-electron chi connectivity index (χ1n) is 11.6. The van der Waals surface area contributed by atoms with Gasteiger partial charge in [-0.15, -0.1) is 0 Å². The van der Waals surface area contributed by atoms with E-state index in [1.165, 1.54) is 26.1 Å². The van der Waals surface area contributed by atoms with E-state index in [4.69, 9.17) is 16.3 Å². The molecule has 2 aliphatic heterocycles. The van der Waals surface area contributed by atoms with E-state index in [1.54, 1.807) is 6.07 Å². The van der Waals surface area contributed by atoms with Crippen molar-refractivity contribution in [1.29, 1.82) is 0 Å². The number of ether oxygens (including phenoxy) is 1. The van der Waals surface area contributed by atoms with Crippen molar-refractivity contribution in [2.45, 2.75) is 74.3 Å². The van der Waals surface area contributed by atoms with Crippen LogP contribution in [0.1, 0.15) is 45.1 Å². The van der Waals surface area contributed by atoms with Gasteiger partial charge < -0.3 is 15.0 Å². The lowest BCUT2D eigenvalue weighted by atomic mass is 9.96. The van der Waals surface area contributed by atoms with Crippen LogP contribution in [0, 0.1) is 5.82 Å². The molecule has 2 aromatic rings. The highest BCUT2D eigenvalue weighted by Gasteiger charge is 2.44. The van der Waals surface area contributed by atoms with Crippen molar-refractivity contribution in [2.24, 2.45) is 0 Å². The summed E-state index contributed by atoms with van der Waals surface area (Å²) in [5.41, 5.74) is -3.14. The summed E-state index contributed by atoms with van der Waals surface area (Å²) >= 11 is 5.86. The zero-order chi connectivity index (χ0) is 27.3. The number of benzene rings is 1. The van der Waals surface area contributed by atoms with Gasteiger partial charge in [-0.25, -0.2) is 17.8 Å². The molecule has 13 heteroatoms. The van der Waals surface area contributed by atoms with Crippen LogP contribution in [0.25, 0.3) is 0 Å². The fraction of sp³-hybridized carbons (Fsp3) is 0.500. The quantitative estimate of drug-likeness (QED) is 0.509. The summed E-state index contributed by atoms with van der Waals surface area (Å²) < 4.78 is 82.9. The Morgan fingerprint density at radius 1 is 1.16 bits per heavy atom. The zero-order valence-electron chi connectivity index (χ0n) is 20.3. The van der Waals surface area contributed by atoms with Crippen LogP contribution in [0.5, 0.6) is 5.75 Å². The Balaban J connectivity index is 1.46. The number of hydrogen-bond acceptors (Lipinski definition) is 6. The minimum Gasteiger partial charge on any atom is -0.476 e. The Morgan fingerprint density at radius 2 is 1.78 bits per heavy atom. The first kappa shape index (κ1) is 27.4. The van der Waals surface area contributed by atoms with Gasteiger partial charge in [-0.05, 0) is 63.8 Å². The van der Waals surface area contributed by atoms with Gasteiger partial charge in [0.05, 0.1) is 9.92 Å². The Morgan fingerprint density at radius 3 is 2.30 bits per heavy atom. The van der Waals surface area contributed by atoms with Crippen molar-refractivity contribution < 1.29 is 35.5 Å². The van der Waals surface area contributed by atoms with Crippen molar-refractivity contribution >= 4 is 33.2 Å². The number of carbonyl (C=O) groups is 1. The number of hydrogen-bond donors (Lipinski definition) is 1. The molecule has 7 nitrogen and oxygen atoms in total. The van der Waals surface area contributed by atoms with Crippen molar-refractivity contribution in [3.63, 3.8) is 0 Å². The minimum atomic E-state index is -4.94. The second-order valence-corrected chi connectivity index (χ2v) is 12.4. The predicted octanol–water partition coefficient (Wildman–Crippen LogP) is 4.77. The highest BCUT2D eigenvalue weighted by Crippen LogP contribution is 2.43. The first-order chi connectivity index (χ1) is 17.1. The van der Waals surface area contributed by atoms with Crippen molar-refractivity contribution in [3.05, 3.63) is 46.9 Å². The summed E-state index contributed by atoms with van der Waals surface area (Å²) in [4.78, 5) is 19.7. The number of aromatic nitrogens is 1. The second-order valence-electron chi connectivity index (χ2n) is 9.93. The number of alkyl halides is 3. The van der Waals surface area contributed by atoms with Crippen molar-refractivity contribution in [2.75, 3.05) is 11.2 Å². The topological polar surface area (TPSA) is 88.6 Å². The highest BCUT2D eigenvalue weighted by molar-refractivity contribution is 7.90. The number of pyridine rings is 1. The summed E-state index contributed by atoms with van der Waals surface area (Å²) in [6.45, 7) is 2.64. The van der Waals surface area contributed by atoms with Gasteiger partial charge in [0.1, 0.15) is 17.2 Å². The predicted molar refractivity (Wildman–Crippen MR) is 129 cm³/mol. The molecule has 1 N–H and O–H groups in total. The average Bonchev–Trinajstić information content (AvgIpc) is 3.04. The summed E-state index contributed by atoms with van der Waals surface area (Å²) in [6, 6.07) is 4.00. The molecule has 0 aliphatic carbocycles. The zero-order valence-corrected chi connectivity index (χ0v) is 21.8. The molecule has 2 bridgehead atoms. The van der Waals surface area contributed by atoms with Gasteiger partial charge >= 0.3 is 6.18 Å². The number of piperidine rings is 1. The maximum absolute atomic E-state index is 13.6. The maximum atomic E-state index is 13.6. The van der Waals surface area contributed by atoms with Crippen LogP contribution in [-0.2, 0) is 20.8 Å². The lowest BCUT2D eigenvalue weighted by Gasteiger charge is -2.41. The number of halogens is 5. The normalized spacial score (nSPS) is 22.2. The smallest absolute Gasteiger partial charge is 0.420 e. The third kappa shape index (κ3) is 5.79. The molecule has 1 aromatic carbocycles. The Labute approximate surface area is 217 Å². The molecule has 4 rings (SSSR count). The molecular formula is C24H26ClF4N3O4S. The first-order valence-corrected chi connectivity index (χ1v) is 13.8. The number of sulfone groups is 1. The van der Waals surface area contributed by atoms with Crippen LogP contribution in [-0.4, -0.2) is 49.3 Å². The van der Waals surface area contributed by atoms with Crippen LogP contribution in [0.3, 0.4) is 0 Å². The fourth-order valence-corrected chi connectivity index (χ4v) is 5.75. The molecule has 2 fully saturated rings. The molecule has 37 heavy (non-hydrogen) atoms. The van der Waals surface area contributed by atoms with E-state index < -0.39 is 49.7 Å². The van der Waals surface area contributed by atoms with E-state index in [0.29, 0.717) is 24.7 Å². The highest BCUT2D eigenvalue weighted by atomic mass is 35.5. The molecule has 2 aliphatic rings. The Kier molecular flexibility index (Phi) is 7.13. The van der Waals surface area contributed by atoms with Crippen LogP contribution in [0.15, 0.2) is 35.4 Å². The standard InChI is InChI=1S/C24H26ClF4N3O4S/c1-23(2,36-21-18(24(27,28)29)8-13(26)9-19(21)25)22(33)31-14-10-15-4-5-16(11-14)32(15)20-7-6-17(12-30-20)37(3,34)35/h6-9,12,14-16H,4-5,10-11H2,1-3H3,(H,31,33)/t14-,15+,16-. The Hall–Kier alpha value is -2.60. The lowest BCUT2D eigenvalue weighted by molar-refractivity contribution is -0.144. The van der Waals surface area contributed by atoms with Gasteiger partial charge in [-0.1, -0.05) is 11.6 Å². The van der Waals surface area contributed by atoms with Gasteiger partial charge in [0, 0.05) is 30.6 Å². The number of rotatable bonds is 6. The van der Waals surface area contributed by atoms with Crippen LogP contribution < -0.4 is 15.0 Å². The van der Waals surface area contributed by atoms with E-state index in [1.807, 2.05) is 0 Å². The largest absolute Gasteiger partial charge is 0.476 e. The number of carbonyl (C=O) groups excluding carboxylic acids is 1. The van der Waals surface area contributed by atoms with Gasteiger partial charge in [-0.3, -0.25) is 4.79 Å². The average molecular weight is 564 g/mol. The van der Waals surface area contributed by atoms with Crippen LogP contribution in [0.4, 0.5) is 23.4 Å². The summed E-state index contributed by atoms with van der Waals surface area (Å²) in [6.07, 6.45) is 0.346. The number of nitrogens with one attached hydrogen (secondary N) is 1. The molecule has 0 spiro atoms. The second kappa shape index (κ2) is 9.61. The number of amides is 1. The number of anilines is 1. The SMILES string of the molecule is CC(C)(Oc1c(Cl)cc(F)cc1C(F)(F)F)C(=O)N[C@H]1C[C@H]2CC[C@@H](C1)N2c1ccc(S(C)(=O)=O)cn1. The van der Waals surface area contributed by atoms with Gasteiger partial charge in [0.25, 0.3) is 5.91 Å². The monoisotopic (exact) mass is 563 g/mol. The molecule has 1 amide bonds. The molecule has 3 heterocycles. The van der Waals surface area contributed by atoms with Crippen molar-refractivity contribution in [3.8, 4) is 5.75 Å². The van der Waals surface area contributed by atoms with E-state index in [-0.39, 0.29) is 29.1 Å². The fourth-order valence-electron chi connectivity index (χ4n) is 4.95. The van der Waals surface area contributed by atoms with Gasteiger partial charge in [-0.2, -0.15) is 13.2 Å². The van der Waals surface area contributed by atoms with E-state index in [2.05, 4.69) is 15.2 Å². The molecule has 0 unspecified atom stereocenters. The number of fused-ring (bicyclic) bond motifs is 2. The molecule has 202 valence electrons. The van der Waals surface area contributed by atoms with Crippen LogP contribution in [0.2, 0.25) is 5.02 Å². The summed E-state index contributed by atoms with van der Waals surface area (Å²) in [5.74, 6) is -1.96. The maximum Gasteiger partial charge on any atom is 0.420 e. The molecule has 2 saturated heterocycles. The molecule has 3 atom stereocenters. The van der Waals surface area contributed by atoms with Crippen molar-refractivity contribution in [1.82, 2.24) is 10.3 Å². The van der Waals surface area contributed by atoms with Gasteiger partial charge in [0.15, 0.2) is 21.2 Å². The van der Waals surface area contributed by atoms with E-state index >= 15 is 0 Å².